The summed E-state index contributed by atoms with van der Waals surface area (Å²) in [7, 11) is 0. The second kappa shape index (κ2) is 4.94. The Morgan fingerprint density at radius 2 is 2.14 bits per heavy atom. The maximum absolute atomic E-state index is 6.20. The Labute approximate surface area is 90.3 Å². The molecule has 0 radical (unpaired) electrons. The smallest absolute Gasteiger partial charge is 0.00706 e. The molecule has 0 amide bonds. The normalized spacial score (nSPS) is 28.6. The molecule has 1 aromatic heterocycles. The molecule has 2 rings (SSSR count). The zero-order valence-electron chi connectivity index (χ0n) is 8.61. The van der Waals surface area contributed by atoms with E-state index in [1.54, 1.807) is 0 Å². The highest BCUT2D eigenvalue weighted by Gasteiger charge is 2.20. The minimum absolute atomic E-state index is 0.444. The lowest BCUT2D eigenvalue weighted by Gasteiger charge is -2.20. The van der Waals surface area contributed by atoms with Gasteiger partial charge in [0.15, 0.2) is 0 Å². The molecule has 2 unspecified atom stereocenters. The van der Waals surface area contributed by atoms with E-state index >= 15 is 0 Å². The molecular formula is C12H19NS. The first-order valence-corrected chi connectivity index (χ1v) is 6.52. The van der Waals surface area contributed by atoms with Crippen molar-refractivity contribution in [2.45, 2.75) is 44.6 Å². The minimum atomic E-state index is 0.444. The second-order valence-electron chi connectivity index (χ2n) is 4.35. The van der Waals surface area contributed by atoms with Crippen LogP contribution in [0.15, 0.2) is 17.5 Å². The molecule has 0 aromatic carbocycles. The molecule has 1 nitrogen and oxygen atoms in total. The standard InChI is InChI=1S/C12H19NS/c13-12-7-3-1-2-5-10(12)9-11-6-4-8-14-11/h4,6,8,10,12H,1-3,5,7,9,13H2. The Kier molecular flexibility index (Phi) is 3.60. The van der Waals surface area contributed by atoms with Crippen molar-refractivity contribution in [1.29, 1.82) is 0 Å². The summed E-state index contributed by atoms with van der Waals surface area (Å²) >= 11 is 1.87. The summed E-state index contributed by atoms with van der Waals surface area (Å²) in [5.41, 5.74) is 6.20. The van der Waals surface area contributed by atoms with Gasteiger partial charge >= 0.3 is 0 Å². The van der Waals surface area contributed by atoms with Gasteiger partial charge < -0.3 is 5.73 Å². The molecule has 1 heterocycles. The van der Waals surface area contributed by atoms with Crippen molar-refractivity contribution in [2.75, 3.05) is 0 Å². The fourth-order valence-electron chi connectivity index (χ4n) is 2.35. The summed E-state index contributed by atoms with van der Waals surface area (Å²) in [6.07, 6.45) is 7.87. The summed E-state index contributed by atoms with van der Waals surface area (Å²) in [6.45, 7) is 0. The number of hydrogen-bond donors (Lipinski definition) is 1. The van der Waals surface area contributed by atoms with E-state index in [2.05, 4.69) is 17.5 Å². The predicted octanol–water partition coefficient (Wildman–Crippen LogP) is 3.20. The van der Waals surface area contributed by atoms with Crippen molar-refractivity contribution in [3.8, 4) is 0 Å². The summed E-state index contributed by atoms with van der Waals surface area (Å²) in [5.74, 6) is 0.733. The number of rotatable bonds is 2. The lowest BCUT2D eigenvalue weighted by Crippen LogP contribution is -2.30. The van der Waals surface area contributed by atoms with E-state index in [0.29, 0.717) is 6.04 Å². The highest BCUT2D eigenvalue weighted by Crippen LogP contribution is 2.26. The topological polar surface area (TPSA) is 26.0 Å². The van der Waals surface area contributed by atoms with Gasteiger partial charge in [0.1, 0.15) is 0 Å². The molecule has 2 atom stereocenters. The van der Waals surface area contributed by atoms with Gasteiger partial charge in [0, 0.05) is 10.9 Å². The van der Waals surface area contributed by atoms with E-state index in [0.717, 1.165) is 5.92 Å². The highest BCUT2D eigenvalue weighted by molar-refractivity contribution is 7.09. The van der Waals surface area contributed by atoms with Crippen LogP contribution in [0.25, 0.3) is 0 Å². The van der Waals surface area contributed by atoms with Crippen LogP contribution in [0, 0.1) is 5.92 Å². The average molecular weight is 209 g/mol. The van der Waals surface area contributed by atoms with Gasteiger partial charge in [-0.25, -0.2) is 0 Å². The summed E-state index contributed by atoms with van der Waals surface area (Å²) in [6, 6.07) is 4.82. The van der Waals surface area contributed by atoms with Crippen LogP contribution in [-0.4, -0.2) is 6.04 Å². The Bertz CT molecular complexity index is 255. The fourth-order valence-corrected chi connectivity index (χ4v) is 3.15. The zero-order chi connectivity index (χ0) is 9.80. The minimum Gasteiger partial charge on any atom is -0.327 e. The van der Waals surface area contributed by atoms with Gasteiger partial charge in [-0.3, -0.25) is 0 Å². The van der Waals surface area contributed by atoms with Gasteiger partial charge in [-0.1, -0.05) is 25.3 Å². The Balaban J connectivity index is 1.94. The van der Waals surface area contributed by atoms with Gasteiger partial charge in [0.2, 0.25) is 0 Å². The van der Waals surface area contributed by atoms with Crippen LogP contribution < -0.4 is 5.73 Å². The first kappa shape index (κ1) is 10.2. The summed E-state index contributed by atoms with van der Waals surface area (Å²) < 4.78 is 0. The van der Waals surface area contributed by atoms with Crippen LogP contribution in [0.1, 0.15) is 37.0 Å². The molecule has 0 aliphatic heterocycles. The Hall–Kier alpha value is -0.340. The van der Waals surface area contributed by atoms with E-state index in [1.165, 1.54) is 43.4 Å². The average Bonchev–Trinajstić information content (AvgIpc) is 2.60. The fraction of sp³-hybridized carbons (Fsp3) is 0.667. The molecule has 2 N–H and O–H groups in total. The van der Waals surface area contributed by atoms with Crippen molar-refractivity contribution in [3.05, 3.63) is 22.4 Å². The molecule has 78 valence electrons. The van der Waals surface area contributed by atoms with Crippen molar-refractivity contribution >= 4 is 11.3 Å². The third-order valence-electron chi connectivity index (χ3n) is 3.26. The molecule has 1 fully saturated rings. The first-order valence-electron chi connectivity index (χ1n) is 5.64. The SMILES string of the molecule is NC1CCCCCC1Cc1cccs1. The van der Waals surface area contributed by atoms with Crippen molar-refractivity contribution < 1.29 is 0 Å². The lowest BCUT2D eigenvalue weighted by molar-refractivity contribution is 0.397. The van der Waals surface area contributed by atoms with Crippen molar-refractivity contribution in [1.82, 2.24) is 0 Å². The summed E-state index contributed by atoms with van der Waals surface area (Å²) in [5, 5.41) is 2.16. The monoisotopic (exact) mass is 209 g/mol. The maximum Gasteiger partial charge on any atom is 0.00706 e. The van der Waals surface area contributed by atoms with Crippen LogP contribution >= 0.6 is 11.3 Å². The van der Waals surface area contributed by atoms with Gasteiger partial charge in [-0.2, -0.15) is 0 Å². The van der Waals surface area contributed by atoms with Crippen molar-refractivity contribution in [2.24, 2.45) is 11.7 Å². The number of nitrogens with two attached hydrogens (primary N) is 1. The van der Waals surface area contributed by atoms with Gasteiger partial charge in [0.05, 0.1) is 0 Å². The molecule has 0 bridgehead atoms. The molecule has 1 saturated carbocycles. The molecule has 1 aliphatic carbocycles. The van der Waals surface area contributed by atoms with Crippen LogP contribution in [0.3, 0.4) is 0 Å². The van der Waals surface area contributed by atoms with E-state index in [-0.39, 0.29) is 0 Å². The van der Waals surface area contributed by atoms with Crippen LogP contribution in [-0.2, 0) is 6.42 Å². The molecule has 0 saturated heterocycles. The molecular weight excluding hydrogens is 190 g/mol. The quantitative estimate of drug-likeness (QED) is 0.744. The Morgan fingerprint density at radius 1 is 1.29 bits per heavy atom. The molecule has 2 heteroatoms. The third-order valence-corrected chi connectivity index (χ3v) is 4.16. The second-order valence-corrected chi connectivity index (χ2v) is 5.38. The molecule has 1 aliphatic rings. The molecule has 1 aromatic rings. The Morgan fingerprint density at radius 3 is 2.93 bits per heavy atom. The molecule has 14 heavy (non-hydrogen) atoms. The van der Waals surface area contributed by atoms with E-state index in [1.807, 2.05) is 11.3 Å². The third kappa shape index (κ3) is 2.58. The van der Waals surface area contributed by atoms with Gasteiger partial charge in [-0.05, 0) is 36.6 Å². The van der Waals surface area contributed by atoms with Crippen molar-refractivity contribution in [3.63, 3.8) is 0 Å². The number of thiophene rings is 1. The van der Waals surface area contributed by atoms with E-state index in [4.69, 9.17) is 5.73 Å². The van der Waals surface area contributed by atoms with Gasteiger partial charge in [-0.15, -0.1) is 11.3 Å². The highest BCUT2D eigenvalue weighted by atomic mass is 32.1. The van der Waals surface area contributed by atoms with E-state index in [9.17, 15) is 0 Å². The largest absolute Gasteiger partial charge is 0.327 e. The lowest BCUT2D eigenvalue weighted by atomic mass is 9.92. The van der Waals surface area contributed by atoms with E-state index < -0.39 is 0 Å². The zero-order valence-corrected chi connectivity index (χ0v) is 9.43. The maximum atomic E-state index is 6.20. The summed E-state index contributed by atoms with van der Waals surface area (Å²) in [4.78, 5) is 1.51. The molecule has 0 spiro atoms. The van der Waals surface area contributed by atoms with Crippen LogP contribution in [0.2, 0.25) is 0 Å². The van der Waals surface area contributed by atoms with Gasteiger partial charge in [0.25, 0.3) is 0 Å². The predicted molar refractivity (Wildman–Crippen MR) is 62.6 cm³/mol. The van der Waals surface area contributed by atoms with Crippen LogP contribution in [0.4, 0.5) is 0 Å². The van der Waals surface area contributed by atoms with Crippen LogP contribution in [0.5, 0.6) is 0 Å². The number of hydrogen-bond acceptors (Lipinski definition) is 2. The first-order chi connectivity index (χ1) is 6.86.